The van der Waals surface area contributed by atoms with Crippen LogP contribution >= 0.6 is 0 Å². The second-order valence-electron chi connectivity index (χ2n) is 5.19. The normalized spacial score (nSPS) is 16.8. The van der Waals surface area contributed by atoms with Gasteiger partial charge in [0.05, 0.1) is 5.60 Å². The maximum Gasteiger partial charge on any atom is 0.0994 e. The number of likely N-dealkylation sites (N-methyl/N-ethyl adjacent to an activating group) is 1. The van der Waals surface area contributed by atoms with Crippen LogP contribution in [0.15, 0.2) is 30.3 Å². The van der Waals surface area contributed by atoms with Gasteiger partial charge in [0, 0.05) is 12.6 Å². The largest absolute Gasteiger partial charge is 0.384 e. The van der Waals surface area contributed by atoms with Crippen LogP contribution in [0.2, 0.25) is 0 Å². The van der Waals surface area contributed by atoms with Crippen molar-refractivity contribution in [2.24, 2.45) is 0 Å². The molecular formula is C15H25NO. The molecule has 2 atom stereocenters. The highest BCUT2D eigenvalue weighted by Crippen LogP contribution is 2.22. The maximum atomic E-state index is 10.5. The van der Waals surface area contributed by atoms with E-state index < -0.39 is 5.60 Å². The fourth-order valence-electron chi connectivity index (χ4n) is 2.17. The Morgan fingerprint density at radius 2 is 1.88 bits per heavy atom. The van der Waals surface area contributed by atoms with E-state index in [4.69, 9.17) is 0 Å². The third-order valence-corrected chi connectivity index (χ3v) is 3.41. The van der Waals surface area contributed by atoms with Gasteiger partial charge in [-0.2, -0.15) is 0 Å². The molecule has 0 heterocycles. The van der Waals surface area contributed by atoms with Crippen molar-refractivity contribution in [1.82, 2.24) is 4.90 Å². The second kappa shape index (κ2) is 6.18. The number of hydrogen-bond donors (Lipinski definition) is 1. The Bertz CT molecular complexity index is 321. The minimum Gasteiger partial charge on any atom is -0.384 e. The van der Waals surface area contributed by atoms with E-state index in [0.717, 1.165) is 5.56 Å². The Hall–Kier alpha value is -0.860. The van der Waals surface area contributed by atoms with Crippen LogP contribution in [0.3, 0.4) is 0 Å². The Kier molecular flexibility index (Phi) is 5.16. The summed E-state index contributed by atoms with van der Waals surface area (Å²) in [6, 6.07) is 10.4. The van der Waals surface area contributed by atoms with Crippen LogP contribution in [0.1, 0.15) is 39.2 Å². The Balaban J connectivity index is 2.66. The van der Waals surface area contributed by atoms with Crippen LogP contribution < -0.4 is 0 Å². The van der Waals surface area contributed by atoms with Gasteiger partial charge >= 0.3 is 0 Å². The molecule has 1 rings (SSSR count). The lowest BCUT2D eigenvalue weighted by Gasteiger charge is -2.33. The quantitative estimate of drug-likeness (QED) is 0.819. The Morgan fingerprint density at radius 3 is 2.41 bits per heavy atom. The molecule has 0 aromatic heterocycles. The summed E-state index contributed by atoms with van der Waals surface area (Å²) in [5.74, 6) is 0. The van der Waals surface area contributed by atoms with Crippen molar-refractivity contribution in [1.29, 1.82) is 0 Å². The number of rotatable bonds is 6. The molecule has 0 aliphatic heterocycles. The summed E-state index contributed by atoms with van der Waals surface area (Å²) < 4.78 is 0. The zero-order valence-electron chi connectivity index (χ0n) is 11.5. The van der Waals surface area contributed by atoms with Crippen molar-refractivity contribution in [3.05, 3.63) is 35.9 Å². The Morgan fingerprint density at radius 1 is 1.29 bits per heavy atom. The number of aliphatic hydroxyl groups is 1. The van der Waals surface area contributed by atoms with E-state index in [0.29, 0.717) is 12.6 Å². The number of benzene rings is 1. The Labute approximate surface area is 105 Å². The monoisotopic (exact) mass is 235 g/mol. The molecule has 0 amide bonds. The fraction of sp³-hybridized carbons (Fsp3) is 0.600. The summed E-state index contributed by atoms with van der Waals surface area (Å²) in [4.78, 5) is 2.23. The van der Waals surface area contributed by atoms with E-state index in [1.165, 1.54) is 12.8 Å². The molecule has 0 aliphatic carbocycles. The third-order valence-electron chi connectivity index (χ3n) is 3.41. The van der Waals surface area contributed by atoms with E-state index >= 15 is 0 Å². The lowest BCUT2D eigenvalue weighted by molar-refractivity contribution is 0.0124. The zero-order chi connectivity index (χ0) is 12.9. The van der Waals surface area contributed by atoms with Gasteiger partial charge in [-0.15, -0.1) is 0 Å². The van der Waals surface area contributed by atoms with Crippen LogP contribution in [-0.2, 0) is 5.60 Å². The average Bonchev–Trinajstić information content (AvgIpc) is 2.30. The van der Waals surface area contributed by atoms with Crippen LogP contribution in [0.4, 0.5) is 0 Å². The first kappa shape index (κ1) is 14.2. The van der Waals surface area contributed by atoms with Crippen molar-refractivity contribution < 1.29 is 5.11 Å². The van der Waals surface area contributed by atoms with Gasteiger partial charge in [-0.1, -0.05) is 43.7 Å². The minimum absolute atomic E-state index is 0.509. The molecule has 2 heteroatoms. The molecule has 0 spiro atoms. The van der Waals surface area contributed by atoms with Gasteiger partial charge in [0.2, 0.25) is 0 Å². The zero-order valence-corrected chi connectivity index (χ0v) is 11.5. The molecule has 0 radical (unpaired) electrons. The van der Waals surface area contributed by atoms with E-state index in [9.17, 15) is 5.11 Å². The number of nitrogens with zero attached hydrogens (tertiary/aromatic N) is 1. The number of hydrogen-bond acceptors (Lipinski definition) is 2. The predicted molar refractivity (Wildman–Crippen MR) is 73.0 cm³/mol. The molecule has 1 aromatic rings. The summed E-state index contributed by atoms with van der Waals surface area (Å²) in [6.45, 7) is 6.96. The lowest BCUT2D eigenvalue weighted by atomic mass is 9.95. The van der Waals surface area contributed by atoms with Gasteiger partial charge in [0.15, 0.2) is 0 Å². The minimum atomic E-state index is -0.780. The standard InChI is InChI=1S/C15H25NO/c1-5-9-13(2)16(4)12-15(3,17)14-10-7-6-8-11-14/h6-8,10-11,13,17H,5,9,12H2,1-4H3. The first-order valence-electron chi connectivity index (χ1n) is 6.45. The summed E-state index contributed by atoms with van der Waals surface area (Å²) >= 11 is 0. The molecule has 2 nitrogen and oxygen atoms in total. The van der Waals surface area contributed by atoms with Gasteiger partial charge in [-0.05, 0) is 32.9 Å². The molecule has 0 fully saturated rings. The fourth-order valence-corrected chi connectivity index (χ4v) is 2.17. The van der Waals surface area contributed by atoms with Crippen molar-refractivity contribution >= 4 is 0 Å². The first-order chi connectivity index (χ1) is 7.97. The second-order valence-corrected chi connectivity index (χ2v) is 5.19. The third kappa shape index (κ3) is 4.14. The summed E-state index contributed by atoms with van der Waals surface area (Å²) in [7, 11) is 2.08. The van der Waals surface area contributed by atoms with Crippen LogP contribution in [0.5, 0.6) is 0 Å². The molecule has 0 aliphatic rings. The van der Waals surface area contributed by atoms with Crippen molar-refractivity contribution in [2.45, 2.75) is 45.3 Å². The smallest absolute Gasteiger partial charge is 0.0994 e. The van der Waals surface area contributed by atoms with Gasteiger partial charge in [0.25, 0.3) is 0 Å². The SMILES string of the molecule is CCCC(C)N(C)CC(C)(O)c1ccccc1. The lowest BCUT2D eigenvalue weighted by Crippen LogP contribution is -2.41. The van der Waals surface area contributed by atoms with Crippen molar-refractivity contribution in [2.75, 3.05) is 13.6 Å². The van der Waals surface area contributed by atoms with E-state index in [2.05, 4.69) is 25.8 Å². The van der Waals surface area contributed by atoms with Gasteiger partial charge < -0.3 is 10.0 Å². The molecular weight excluding hydrogens is 210 g/mol. The van der Waals surface area contributed by atoms with Crippen LogP contribution in [-0.4, -0.2) is 29.6 Å². The maximum absolute atomic E-state index is 10.5. The molecule has 96 valence electrons. The molecule has 2 unspecified atom stereocenters. The van der Waals surface area contributed by atoms with Gasteiger partial charge in [0.1, 0.15) is 0 Å². The summed E-state index contributed by atoms with van der Waals surface area (Å²) in [5.41, 5.74) is 0.202. The highest BCUT2D eigenvalue weighted by molar-refractivity contribution is 5.21. The molecule has 0 saturated heterocycles. The van der Waals surface area contributed by atoms with E-state index in [1.54, 1.807) is 0 Å². The summed E-state index contributed by atoms with van der Waals surface area (Å²) in [6.07, 6.45) is 2.35. The van der Waals surface area contributed by atoms with E-state index in [1.807, 2.05) is 37.3 Å². The molecule has 0 saturated carbocycles. The highest BCUT2D eigenvalue weighted by atomic mass is 16.3. The van der Waals surface area contributed by atoms with Gasteiger partial charge in [-0.25, -0.2) is 0 Å². The summed E-state index contributed by atoms with van der Waals surface area (Å²) in [5, 5.41) is 10.5. The van der Waals surface area contributed by atoms with Crippen molar-refractivity contribution in [3.8, 4) is 0 Å². The van der Waals surface area contributed by atoms with E-state index in [-0.39, 0.29) is 0 Å². The molecule has 1 N–H and O–H groups in total. The topological polar surface area (TPSA) is 23.5 Å². The average molecular weight is 235 g/mol. The molecule has 0 bridgehead atoms. The van der Waals surface area contributed by atoms with Crippen LogP contribution in [0, 0.1) is 0 Å². The van der Waals surface area contributed by atoms with Gasteiger partial charge in [-0.3, -0.25) is 0 Å². The predicted octanol–water partition coefficient (Wildman–Crippen LogP) is 3.01. The first-order valence-corrected chi connectivity index (χ1v) is 6.45. The molecule has 1 aromatic carbocycles. The van der Waals surface area contributed by atoms with Crippen LogP contribution in [0.25, 0.3) is 0 Å². The molecule has 17 heavy (non-hydrogen) atoms. The highest BCUT2D eigenvalue weighted by Gasteiger charge is 2.26. The van der Waals surface area contributed by atoms with Crippen molar-refractivity contribution in [3.63, 3.8) is 0 Å².